The maximum absolute atomic E-state index is 13.6. The Bertz CT molecular complexity index is 1210. The number of hydrogen-bond acceptors (Lipinski definition) is 1. The molecule has 0 N–H and O–H groups in total. The van der Waals surface area contributed by atoms with E-state index in [1.807, 2.05) is 30.3 Å². The second kappa shape index (κ2) is 12.5. The third-order valence-electron chi connectivity index (χ3n) is 7.82. The molecule has 2 heteroatoms. The van der Waals surface area contributed by atoms with Crippen LogP contribution >= 0.6 is 0 Å². The van der Waals surface area contributed by atoms with Gasteiger partial charge in [-0.05, 0) is 72.4 Å². The van der Waals surface area contributed by atoms with Crippen molar-refractivity contribution in [2.45, 2.75) is 50.4 Å². The summed E-state index contributed by atoms with van der Waals surface area (Å²) >= 11 is 0. The van der Waals surface area contributed by atoms with E-state index in [1.54, 1.807) is 0 Å². The van der Waals surface area contributed by atoms with Crippen molar-refractivity contribution in [3.8, 4) is 0 Å². The summed E-state index contributed by atoms with van der Waals surface area (Å²) in [4.78, 5) is 15.7. The number of hydrogen-bond donors (Lipinski definition) is 0. The van der Waals surface area contributed by atoms with Crippen molar-refractivity contribution in [1.29, 1.82) is 0 Å². The van der Waals surface area contributed by atoms with E-state index in [0.717, 1.165) is 43.8 Å². The van der Waals surface area contributed by atoms with Gasteiger partial charge in [0, 0.05) is 24.6 Å². The van der Waals surface area contributed by atoms with Crippen LogP contribution in [0.5, 0.6) is 0 Å². The maximum atomic E-state index is 13.6. The molecule has 1 saturated carbocycles. The number of rotatable bonds is 11. The lowest BCUT2D eigenvalue weighted by Crippen LogP contribution is -2.34. The molecule has 0 aliphatic heterocycles. The van der Waals surface area contributed by atoms with Gasteiger partial charge in [-0.25, -0.2) is 0 Å². The minimum absolute atomic E-state index is 0.128. The van der Waals surface area contributed by atoms with Crippen molar-refractivity contribution >= 4 is 5.91 Å². The minimum atomic E-state index is 0.128. The van der Waals surface area contributed by atoms with E-state index in [4.69, 9.17) is 0 Å². The van der Waals surface area contributed by atoms with Crippen molar-refractivity contribution in [2.75, 3.05) is 13.1 Å². The molecule has 0 heterocycles. The van der Waals surface area contributed by atoms with E-state index in [0.29, 0.717) is 0 Å². The molecule has 2 nitrogen and oxygen atoms in total. The molecule has 0 aromatic heterocycles. The van der Waals surface area contributed by atoms with Crippen molar-refractivity contribution in [3.05, 3.63) is 143 Å². The van der Waals surface area contributed by atoms with Gasteiger partial charge < -0.3 is 4.90 Å². The predicted octanol–water partition coefficient (Wildman–Crippen LogP) is 8.25. The number of carbonyl (C=O) groups is 1. The smallest absolute Gasteiger partial charge is 0.253 e. The van der Waals surface area contributed by atoms with Crippen molar-refractivity contribution < 1.29 is 4.79 Å². The summed E-state index contributed by atoms with van der Waals surface area (Å²) in [6, 6.07) is 40.3. The Morgan fingerprint density at radius 1 is 0.730 bits per heavy atom. The van der Waals surface area contributed by atoms with Crippen LogP contribution in [0.2, 0.25) is 0 Å². The Morgan fingerprint density at radius 3 is 1.95 bits per heavy atom. The van der Waals surface area contributed by atoms with E-state index in [1.165, 1.54) is 41.5 Å². The molecule has 188 valence electrons. The Kier molecular flexibility index (Phi) is 8.48. The number of carbonyl (C=O) groups excluding carboxylic acids is 1. The molecule has 37 heavy (non-hydrogen) atoms. The zero-order chi connectivity index (χ0) is 25.3. The van der Waals surface area contributed by atoms with Gasteiger partial charge in [-0.3, -0.25) is 4.79 Å². The first kappa shape index (κ1) is 25.0. The third kappa shape index (κ3) is 6.57. The number of nitrogens with zero attached hydrogens (tertiary/aromatic N) is 1. The summed E-state index contributed by atoms with van der Waals surface area (Å²) < 4.78 is 0. The fourth-order valence-electron chi connectivity index (χ4n) is 5.48. The summed E-state index contributed by atoms with van der Waals surface area (Å²) in [5.41, 5.74) is 6.25. The monoisotopic (exact) mass is 487 g/mol. The lowest BCUT2D eigenvalue weighted by molar-refractivity contribution is 0.0750. The minimum Gasteiger partial charge on any atom is -0.339 e. The van der Waals surface area contributed by atoms with E-state index in [2.05, 4.69) is 89.8 Å². The van der Waals surface area contributed by atoms with Crippen LogP contribution in [-0.2, 0) is 6.42 Å². The Balaban J connectivity index is 1.30. The highest BCUT2D eigenvalue weighted by atomic mass is 16.2. The van der Waals surface area contributed by atoms with Crippen LogP contribution in [-0.4, -0.2) is 23.9 Å². The van der Waals surface area contributed by atoms with Gasteiger partial charge in [0.2, 0.25) is 0 Å². The molecule has 4 aromatic carbocycles. The molecule has 0 bridgehead atoms. The normalized spacial score (nSPS) is 13.3. The molecule has 0 unspecified atom stereocenters. The lowest BCUT2D eigenvalue weighted by Gasteiger charge is -2.27. The summed E-state index contributed by atoms with van der Waals surface area (Å²) in [5, 5.41) is 0. The number of aryl methyl sites for hydroxylation is 1. The van der Waals surface area contributed by atoms with E-state index in [9.17, 15) is 4.79 Å². The largest absolute Gasteiger partial charge is 0.339 e. The van der Waals surface area contributed by atoms with Crippen molar-refractivity contribution in [3.63, 3.8) is 0 Å². The number of amides is 1. The molecule has 0 atom stereocenters. The van der Waals surface area contributed by atoms with Gasteiger partial charge in [0.1, 0.15) is 0 Å². The molecular weight excluding hydrogens is 450 g/mol. The van der Waals surface area contributed by atoms with Gasteiger partial charge in [-0.1, -0.05) is 110 Å². The predicted molar refractivity (Wildman–Crippen MR) is 153 cm³/mol. The molecule has 1 amide bonds. The van der Waals surface area contributed by atoms with Gasteiger partial charge in [-0.15, -0.1) is 0 Å². The Labute approximate surface area is 222 Å². The van der Waals surface area contributed by atoms with E-state index in [-0.39, 0.29) is 11.8 Å². The summed E-state index contributed by atoms with van der Waals surface area (Å²) in [5.74, 6) is 1.14. The maximum Gasteiger partial charge on any atom is 0.253 e. The molecule has 0 saturated heterocycles. The van der Waals surface area contributed by atoms with Crippen molar-refractivity contribution in [2.24, 2.45) is 0 Å². The Hall–Kier alpha value is -3.65. The van der Waals surface area contributed by atoms with Gasteiger partial charge >= 0.3 is 0 Å². The topological polar surface area (TPSA) is 20.3 Å². The van der Waals surface area contributed by atoms with Crippen LogP contribution in [0.15, 0.2) is 115 Å². The average Bonchev–Trinajstić information content (AvgIpc) is 2.93. The van der Waals surface area contributed by atoms with Crippen LogP contribution in [0.3, 0.4) is 0 Å². The van der Waals surface area contributed by atoms with Crippen LogP contribution in [0, 0.1) is 0 Å². The molecule has 1 aliphatic rings. The van der Waals surface area contributed by atoms with E-state index >= 15 is 0 Å². The second-order valence-electron chi connectivity index (χ2n) is 10.3. The highest BCUT2D eigenvalue weighted by Gasteiger charge is 2.21. The van der Waals surface area contributed by atoms with Crippen LogP contribution in [0.25, 0.3) is 0 Å². The van der Waals surface area contributed by atoms with E-state index < -0.39 is 0 Å². The highest BCUT2D eigenvalue weighted by Crippen LogP contribution is 2.36. The summed E-state index contributed by atoms with van der Waals surface area (Å²) in [7, 11) is 0. The van der Waals surface area contributed by atoms with Gasteiger partial charge in [0.15, 0.2) is 0 Å². The van der Waals surface area contributed by atoms with Crippen LogP contribution in [0.1, 0.15) is 76.6 Å². The Morgan fingerprint density at radius 2 is 1.35 bits per heavy atom. The first-order valence-electron chi connectivity index (χ1n) is 13.8. The van der Waals surface area contributed by atoms with Crippen LogP contribution < -0.4 is 0 Å². The number of benzene rings is 4. The molecule has 0 spiro atoms. The average molecular weight is 488 g/mol. The fourth-order valence-corrected chi connectivity index (χ4v) is 5.48. The van der Waals surface area contributed by atoms with Gasteiger partial charge in [0.25, 0.3) is 5.91 Å². The lowest BCUT2D eigenvalue weighted by atomic mass is 9.79. The van der Waals surface area contributed by atoms with Gasteiger partial charge in [-0.2, -0.15) is 0 Å². The first-order chi connectivity index (χ1) is 18.3. The van der Waals surface area contributed by atoms with Crippen molar-refractivity contribution in [1.82, 2.24) is 4.90 Å². The molecule has 1 aliphatic carbocycles. The second-order valence-corrected chi connectivity index (χ2v) is 10.3. The molecule has 1 fully saturated rings. The van der Waals surface area contributed by atoms with Crippen LogP contribution in [0.4, 0.5) is 0 Å². The summed E-state index contributed by atoms with van der Waals surface area (Å²) in [6.45, 7) is 1.49. The quantitative estimate of drug-likeness (QED) is 0.208. The molecule has 0 radical (unpaired) electrons. The standard InChI is InChI=1S/C35H37NO/c37-35(32-19-8-3-9-20-32)36(25-12-14-28-13-10-23-33(27-28)29-21-11-22-29)26-24-34(30-15-4-1-5-16-30)31-17-6-2-7-18-31/h1-10,13,15-20,23,27,29,34H,11-12,14,21-22,24-26H2. The third-order valence-corrected chi connectivity index (χ3v) is 7.82. The SMILES string of the molecule is O=C(c1ccccc1)N(CCCc1cccc(C2CCC2)c1)CCC(c1ccccc1)c1ccccc1. The van der Waals surface area contributed by atoms with Gasteiger partial charge in [0.05, 0.1) is 0 Å². The summed E-state index contributed by atoms with van der Waals surface area (Å²) in [6.07, 6.45) is 6.87. The first-order valence-corrected chi connectivity index (χ1v) is 13.8. The molecule has 4 aromatic rings. The molecule has 5 rings (SSSR count). The molecular formula is C35H37NO. The highest BCUT2D eigenvalue weighted by molar-refractivity contribution is 5.94. The fraction of sp³-hybridized carbons (Fsp3) is 0.286. The zero-order valence-corrected chi connectivity index (χ0v) is 21.6. The zero-order valence-electron chi connectivity index (χ0n) is 21.6.